The quantitative estimate of drug-likeness (QED) is 0.607. The molecule has 3 aromatic rings. The number of benzene rings is 1. The topological polar surface area (TPSA) is 25.8 Å². The molecule has 0 unspecified atom stereocenters. The minimum atomic E-state index is 0.381. The highest BCUT2D eigenvalue weighted by molar-refractivity contribution is 7.20. The van der Waals surface area contributed by atoms with Gasteiger partial charge in [0.25, 0.3) is 0 Å². The highest BCUT2D eigenvalue weighted by atomic mass is 35.5. The lowest BCUT2D eigenvalue weighted by atomic mass is 10.1. The Morgan fingerprint density at radius 1 is 0.944 bits per heavy atom. The van der Waals surface area contributed by atoms with Crippen molar-refractivity contribution in [2.24, 2.45) is 0 Å². The highest BCUT2D eigenvalue weighted by Crippen LogP contribution is 2.40. The number of hydrogen-bond acceptors (Lipinski definition) is 3. The summed E-state index contributed by atoms with van der Waals surface area (Å²) in [5.41, 5.74) is 1.48. The average Bonchev–Trinajstić information content (AvgIpc) is 2.69. The van der Waals surface area contributed by atoms with E-state index < -0.39 is 0 Å². The molecule has 0 amide bonds. The van der Waals surface area contributed by atoms with Gasteiger partial charge in [0.15, 0.2) is 5.15 Å². The number of fused-ring (bicyclic) bond motifs is 1. The molecule has 90 valence electrons. The Hall–Kier alpha value is -0.870. The molecule has 0 fully saturated rings. The van der Waals surface area contributed by atoms with Gasteiger partial charge < -0.3 is 0 Å². The number of rotatable bonds is 1. The van der Waals surface area contributed by atoms with E-state index in [0.29, 0.717) is 19.5 Å². The van der Waals surface area contributed by atoms with Gasteiger partial charge in [-0.3, -0.25) is 0 Å². The van der Waals surface area contributed by atoms with E-state index in [2.05, 4.69) is 10.2 Å². The molecule has 0 atom stereocenters. The molecule has 0 aliphatic rings. The van der Waals surface area contributed by atoms with Crippen LogP contribution in [0, 0.1) is 0 Å². The van der Waals surface area contributed by atoms with Gasteiger partial charge in [0, 0.05) is 16.3 Å². The van der Waals surface area contributed by atoms with Crippen LogP contribution in [-0.2, 0) is 0 Å². The maximum Gasteiger partial charge on any atom is 0.159 e. The van der Waals surface area contributed by atoms with Crippen LogP contribution in [0.4, 0.5) is 0 Å². The van der Waals surface area contributed by atoms with Gasteiger partial charge in [-0.05, 0) is 6.07 Å². The van der Waals surface area contributed by atoms with Crippen molar-refractivity contribution in [3.8, 4) is 11.3 Å². The monoisotopic (exact) mass is 314 g/mol. The van der Waals surface area contributed by atoms with Gasteiger partial charge >= 0.3 is 0 Å². The third-order valence-electron chi connectivity index (χ3n) is 2.55. The molecule has 2 heterocycles. The van der Waals surface area contributed by atoms with E-state index in [-0.39, 0.29) is 0 Å². The summed E-state index contributed by atoms with van der Waals surface area (Å²) in [6.07, 6.45) is 0. The van der Waals surface area contributed by atoms with Crippen LogP contribution in [0.15, 0.2) is 30.3 Å². The number of hydrogen-bond donors (Lipinski definition) is 0. The lowest BCUT2D eigenvalue weighted by Crippen LogP contribution is -1.90. The minimum Gasteiger partial charge on any atom is -0.148 e. The van der Waals surface area contributed by atoms with Crippen molar-refractivity contribution in [1.29, 1.82) is 0 Å². The van der Waals surface area contributed by atoms with Crippen LogP contribution >= 0.6 is 46.1 Å². The molecule has 1 aromatic carbocycles. The fourth-order valence-corrected chi connectivity index (χ4v) is 3.44. The molecule has 0 aliphatic carbocycles. The Kier molecular flexibility index (Phi) is 3.16. The molecule has 0 saturated heterocycles. The van der Waals surface area contributed by atoms with Crippen molar-refractivity contribution in [1.82, 2.24) is 10.2 Å². The molecular weight excluding hydrogens is 311 g/mol. The van der Waals surface area contributed by atoms with Gasteiger partial charge in [0.1, 0.15) is 10.0 Å². The third kappa shape index (κ3) is 1.97. The molecule has 0 saturated carbocycles. The SMILES string of the molecule is Clc1cc(-c2nnc(Cl)c3ccccc23)c(Cl)s1. The van der Waals surface area contributed by atoms with Gasteiger partial charge in [-0.25, -0.2) is 0 Å². The van der Waals surface area contributed by atoms with Crippen LogP contribution < -0.4 is 0 Å². The van der Waals surface area contributed by atoms with Crippen molar-refractivity contribution >= 4 is 56.9 Å². The Bertz CT molecular complexity index is 739. The van der Waals surface area contributed by atoms with Gasteiger partial charge in [-0.1, -0.05) is 59.1 Å². The van der Waals surface area contributed by atoms with Crippen LogP contribution in [0.25, 0.3) is 22.0 Å². The molecular formula is C12H5Cl3N2S. The maximum atomic E-state index is 6.15. The van der Waals surface area contributed by atoms with Crippen molar-refractivity contribution < 1.29 is 0 Å². The summed E-state index contributed by atoms with van der Waals surface area (Å²) in [6, 6.07) is 9.46. The van der Waals surface area contributed by atoms with Crippen LogP contribution in [0.2, 0.25) is 13.8 Å². The van der Waals surface area contributed by atoms with Crippen LogP contribution in [0.3, 0.4) is 0 Å². The van der Waals surface area contributed by atoms with Gasteiger partial charge in [-0.2, -0.15) is 0 Å². The van der Waals surface area contributed by atoms with Crippen molar-refractivity contribution in [2.45, 2.75) is 0 Å². The van der Waals surface area contributed by atoms with Crippen molar-refractivity contribution in [3.63, 3.8) is 0 Å². The maximum absolute atomic E-state index is 6.15. The second kappa shape index (κ2) is 4.67. The zero-order chi connectivity index (χ0) is 12.7. The van der Waals surface area contributed by atoms with Crippen LogP contribution in [0.1, 0.15) is 0 Å². The van der Waals surface area contributed by atoms with Crippen LogP contribution in [-0.4, -0.2) is 10.2 Å². The lowest BCUT2D eigenvalue weighted by Gasteiger charge is -2.04. The summed E-state index contributed by atoms with van der Waals surface area (Å²) < 4.78 is 1.22. The number of thiophene rings is 1. The first kappa shape index (κ1) is 12.2. The summed E-state index contributed by atoms with van der Waals surface area (Å²) in [6.45, 7) is 0. The Morgan fingerprint density at radius 2 is 1.67 bits per heavy atom. The first-order chi connectivity index (χ1) is 8.66. The summed E-state index contributed by atoms with van der Waals surface area (Å²) >= 11 is 19.4. The van der Waals surface area contributed by atoms with Gasteiger partial charge in [0.2, 0.25) is 0 Å². The van der Waals surface area contributed by atoms with E-state index in [0.717, 1.165) is 16.3 Å². The normalized spacial score (nSPS) is 11.1. The fourth-order valence-electron chi connectivity index (χ4n) is 1.77. The first-order valence-corrected chi connectivity index (χ1v) is 6.98. The van der Waals surface area contributed by atoms with E-state index in [1.807, 2.05) is 24.3 Å². The zero-order valence-corrected chi connectivity index (χ0v) is 11.9. The van der Waals surface area contributed by atoms with E-state index in [1.165, 1.54) is 11.3 Å². The van der Waals surface area contributed by atoms with E-state index in [9.17, 15) is 0 Å². The zero-order valence-electron chi connectivity index (χ0n) is 8.82. The van der Waals surface area contributed by atoms with E-state index >= 15 is 0 Å². The molecule has 0 aliphatic heterocycles. The van der Waals surface area contributed by atoms with Crippen molar-refractivity contribution in [3.05, 3.63) is 44.2 Å². The fraction of sp³-hybridized carbons (Fsp3) is 0. The third-order valence-corrected chi connectivity index (χ3v) is 4.32. The number of aromatic nitrogens is 2. The molecule has 3 rings (SSSR count). The van der Waals surface area contributed by atoms with E-state index in [1.54, 1.807) is 6.07 Å². The molecule has 0 radical (unpaired) electrons. The van der Waals surface area contributed by atoms with Crippen molar-refractivity contribution in [2.75, 3.05) is 0 Å². The Labute approximate surface area is 122 Å². The molecule has 2 aromatic heterocycles. The molecule has 2 nitrogen and oxygen atoms in total. The summed E-state index contributed by atoms with van der Waals surface area (Å²) in [5, 5.41) is 10.2. The predicted octanol–water partition coefficient (Wildman–Crippen LogP) is 5.32. The summed E-state index contributed by atoms with van der Waals surface area (Å²) in [4.78, 5) is 0. The molecule has 0 spiro atoms. The molecule has 6 heteroatoms. The second-order valence-corrected chi connectivity index (χ2v) is 6.27. The van der Waals surface area contributed by atoms with Crippen LogP contribution in [0.5, 0.6) is 0 Å². The second-order valence-electron chi connectivity index (χ2n) is 3.62. The minimum absolute atomic E-state index is 0.381. The first-order valence-electron chi connectivity index (χ1n) is 5.03. The largest absolute Gasteiger partial charge is 0.159 e. The van der Waals surface area contributed by atoms with E-state index in [4.69, 9.17) is 34.8 Å². The smallest absolute Gasteiger partial charge is 0.148 e. The average molecular weight is 316 g/mol. The molecule has 18 heavy (non-hydrogen) atoms. The standard InChI is InChI=1S/C12H5Cl3N2S/c13-9-5-8(12(15)18-9)10-6-3-1-2-4-7(6)11(14)17-16-10/h1-5H. The summed E-state index contributed by atoms with van der Waals surface area (Å²) in [5.74, 6) is 0. The molecule has 0 bridgehead atoms. The van der Waals surface area contributed by atoms with Gasteiger partial charge in [-0.15, -0.1) is 21.5 Å². The Balaban J connectivity index is 2.37. The lowest BCUT2D eigenvalue weighted by molar-refractivity contribution is 1.06. The Morgan fingerprint density at radius 3 is 2.33 bits per heavy atom. The highest BCUT2D eigenvalue weighted by Gasteiger charge is 2.14. The predicted molar refractivity (Wildman–Crippen MR) is 77.9 cm³/mol. The number of nitrogens with zero attached hydrogens (tertiary/aromatic N) is 2. The molecule has 0 N–H and O–H groups in total. The van der Waals surface area contributed by atoms with Gasteiger partial charge in [0.05, 0.1) is 4.34 Å². The summed E-state index contributed by atoms with van der Waals surface area (Å²) in [7, 11) is 0. The number of halogens is 3.